The number of piperazine rings is 1. The molecule has 4 rings (SSSR count). The maximum absolute atomic E-state index is 5.82. The van der Waals surface area contributed by atoms with Crippen LogP contribution in [-0.2, 0) is 17.8 Å². The maximum atomic E-state index is 5.82. The van der Waals surface area contributed by atoms with Crippen LogP contribution in [-0.4, -0.2) is 68.9 Å². The van der Waals surface area contributed by atoms with Crippen LogP contribution >= 0.6 is 12.4 Å². The third-order valence-electron chi connectivity index (χ3n) is 6.19. The van der Waals surface area contributed by atoms with Crippen LogP contribution in [0.2, 0.25) is 0 Å². The summed E-state index contributed by atoms with van der Waals surface area (Å²) in [5.74, 6) is 1.02. The molecule has 2 atom stereocenters. The molecule has 2 aliphatic heterocycles. The Labute approximate surface area is 186 Å². The van der Waals surface area contributed by atoms with E-state index in [2.05, 4.69) is 62.6 Å². The minimum Gasteiger partial charge on any atom is -0.376 e. The van der Waals surface area contributed by atoms with E-state index in [9.17, 15) is 0 Å². The van der Waals surface area contributed by atoms with Gasteiger partial charge in [-0.2, -0.15) is 0 Å². The predicted octanol–water partition coefficient (Wildman–Crippen LogP) is 3.32. The molecule has 7 nitrogen and oxygen atoms in total. The average molecular weight is 435 g/mol. The van der Waals surface area contributed by atoms with E-state index in [-0.39, 0.29) is 18.5 Å². The monoisotopic (exact) mass is 434 g/mol. The summed E-state index contributed by atoms with van der Waals surface area (Å²) in [5, 5.41) is 12.8. The van der Waals surface area contributed by atoms with Gasteiger partial charge in [-0.25, -0.2) is 4.68 Å². The van der Waals surface area contributed by atoms with Crippen LogP contribution in [0, 0.1) is 0 Å². The zero-order valence-corrected chi connectivity index (χ0v) is 18.8. The molecule has 2 aromatic rings. The van der Waals surface area contributed by atoms with Gasteiger partial charge in [0.05, 0.1) is 18.7 Å². The van der Waals surface area contributed by atoms with Crippen molar-refractivity contribution in [3.63, 3.8) is 0 Å². The average Bonchev–Trinajstić information content (AvgIpc) is 3.43. The molecular weight excluding hydrogens is 400 g/mol. The summed E-state index contributed by atoms with van der Waals surface area (Å²) in [7, 11) is 0. The summed E-state index contributed by atoms with van der Waals surface area (Å²) in [5.41, 5.74) is 1.39. The van der Waals surface area contributed by atoms with Gasteiger partial charge in [0, 0.05) is 39.3 Å². The van der Waals surface area contributed by atoms with Gasteiger partial charge in [0.15, 0.2) is 5.82 Å². The number of rotatable bonds is 9. The molecule has 1 aromatic carbocycles. The SMILES string of the molecule is CCCCC(c1nnnn1CC1CCCO1)N1CCN(Cc2ccccc2)CC1.Cl. The van der Waals surface area contributed by atoms with Gasteiger partial charge in [0.2, 0.25) is 0 Å². The minimum absolute atomic E-state index is 0. The lowest BCUT2D eigenvalue weighted by Crippen LogP contribution is -2.47. The van der Waals surface area contributed by atoms with Crippen molar-refractivity contribution in [2.75, 3.05) is 32.8 Å². The fourth-order valence-electron chi connectivity index (χ4n) is 4.51. The van der Waals surface area contributed by atoms with E-state index in [4.69, 9.17) is 4.74 Å². The molecule has 3 heterocycles. The first kappa shape index (κ1) is 23.1. The Balaban J connectivity index is 0.00000256. The van der Waals surface area contributed by atoms with Crippen molar-refractivity contribution >= 4 is 12.4 Å². The second kappa shape index (κ2) is 11.7. The van der Waals surface area contributed by atoms with Gasteiger partial charge in [-0.05, 0) is 35.3 Å². The summed E-state index contributed by atoms with van der Waals surface area (Å²) in [4.78, 5) is 5.15. The van der Waals surface area contributed by atoms with Gasteiger partial charge < -0.3 is 4.74 Å². The molecule has 0 aliphatic carbocycles. The van der Waals surface area contributed by atoms with E-state index < -0.39 is 0 Å². The summed E-state index contributed by atoms with van der Waals surface area (Å²) < 4.78 is 7.83. The fraction of sp³-hybridized carbons (Fsp3) is 0.682. The minimum atomic E-state index is 0. The number of nitrogens with zero attached hydrogens (tertiary/aromatic N) is 6. The molecule has 0 saturated carbocycles. The van der Waals surface area contributed by atoms with Crippen molar-refractivity contribution in [3.8, 4) is 0 Å². The van der Waals surface area contributed by atoms with Gasteiger partial charge in [-0.1, -0.05) is 50.1 Å². The summed E-state index contributed by atoms with van der Waals surface area (Å²) in [6.07, 6.45) is 6.01. The Hall–Kier alpha value is -1.54. The summed E-state index contributed by atoms with van der Waals surface area (Å²) >= 11 is 0. The first-order chi connectivity index (χ1) is 14.3. The third-order valence-corrected chi connectivity index (χ3v) is 6.19. The largest absolute Gasteiger partial charge is 0.376 e. The number of aromatic nitrogens is 4. The smallest absolute Gasteiger partial charge is 0.168 e. The van der Waals surface area contributed by atoms with Crippen molar-refractivity contribution in [3.05, 3.63) is 41.7 Å². The summed E-state index contributed by atoms with van der Waals surface area (Å²) in [6.45, 7) is 9.23. The van der Waals surface area contributed by atoms with Crippen molar-refractivity contribution in [1.29, 1.82) is 0 Å². The number of hydrogen-bond donors (Lipinski definition) is 0. The first-order valence-electron chi connectivity index (χ1n) is 11.2. The van der Waals surface area contributed by atoms with E-state index in [1.165, 1.54) is 18.4 Å². The second-order valence-corrected chi connectivity index (χ2v) is 8.31. The van der Waals surface area contributed by atoms with Gasteiger partial charge in [-0.3, -0.25) is 9.80 Å². The molecule has 0 spiro atoms. The van der Waals surface area contributed by atoms with Crippen molar-refractivity contribution in [1.82, 2.24) is 30.0 Å². The Bertz CT molecular complexity index is 728. The summed E-state index contributed by atoms with van der Waals surface area (Å²) in [6, 6.07) is 11.1. The highest BCUT2D eigenvalue weighted by atomic mass is 35.5. The molecule has 2 fully saturated rings. The van der Waals surface area contributed by atoms with Crippen LogP contribution in [0.3, 0.4) is 0 Å². The lowest BCUT2D eigenvalue weighted by Gasteiger charge is -2.39. The molecule has 0 bridgehead atoms. The molecule has 0 amide bonds. The molecule has 2 saturated heterocycles. The van der Waals surface area contributed by atoms with E-state index in [1.807, 2.05) is 4.68 Å². The quantitative estimate of drug-likeness (QED) is 0.603. The fourth-order valence-corrected chi connectivity index (χ4v) is 4.51. The standard InChI is InChI=1S/C22H34N6O.ClH/c1-2-3-11-21(22-23-24-25-28(22)18-20-10-7-16-29-20)27-14-12-26(13-15-27)17-19-8-5-4-6-9-19;/h4-6,8-9,20-21H,2-3,7,10-18H2,1H3;1H. The van der Waals surface area contributed by atoms with Crippen molar-refractivity contribution < 1.29 is 4.74 Å². The highest BCUT2D eigenvalue weighted by Crippen LogP contribution is 2.27. The first-order valence-corrected chi connectivity index (χ1v) is 11.2. The third kappa shape index (κ3) is 6.00. The molecule has 2 unspecified atom stereocenters. The lowest BCUT2D eigenvalue weighted by molar-refractivity contribution is 0.0730. The topological polar surface area (TPSA) is 59.3 Å². The van der Waals surface area contributed by atoms with Crippen molar-refractivity contribution in [2.45, 2.75) is 64.3 Å². The Morgan fingerprint density at radius 1 is 1.13 bits per heavy atom. The Morgan fingerprint density at radius 2 is 1.93 bits per heavy atom. The molecule has 30 heavy (non-hydrogen) atoms. The van der Waals surface area contributed by atoms with E-state index in [0.717, 1.165) is 71.0 Å². The number of benzene rings is 1. The molecule has 2 aliphatic rings. The highest BCUT2D eigenvalue weighted by Gasteiger charge is 2.30. The van der Waals surface area contributed by atoms with Crippen LogP contribution < -0.4 is 0 Å². The predicted molar refractivity (Wildman–Crippen MR) is 120 cm³/mol. The molecule has 0 N–H and O–H groups in total. The zero-order valence-electron chi connectivity index (χ0n) is 18.0. The maximum Gasteiger partial charge on any atom is 0.168 e. The Morgan fingerprint density at radius 3 is 2.63 bits per heavy atom. The van der Waals surface area contributed by atoms with Gasteiger partial charge in [0.25, 0.3) is 0 Å². The van der Waals surface area contributed by atoms with Crippen molar-refractivity contribution in [2.24, 2.45) is 0 Å². The van der Waals surface area contributed by atoms with Crippen LogP contribution in [0.1, 0.15) is 56.5 Å². The van der Waals surface area contributed by atoms with E-state index in [0.29, 0.717) is 6.04 Å². The van der Waals surface area contributed by atoms with Gasteiger partial charge in [-0.15, -0.1) is 17.5 Å². The van der Waals surface area contributed by atoms with Gasteiger partial charge in [0.1, 0.15) is 0 Å². The van der Waals surface area contributed by atoms with E-state index >= 15 is 0 Å². The van der Waals surface area contributed by atoms with Gasteiger partial charge >= 0.3 is 0 Å². The number of halogens is 1. The zero-order chi connectivity index (χ0) is 19.9. The number of hydrogen-bond acceptors (Lipinski definition) is 6. The van der Waals surface area contributed by atoms with E-state index in [1.54, 1.807) is 0 Å². The number of ether oxygens (including phenoxy) is 1. The molecule has 166 valence electrons. The molecular formula is C22H35ClN6O. The Kier molecular flexibility index (Phi) is 9.05. The molecule has 1 aromatic heterocycles. The van der Waals surface area contributed by atoms with Crippen LogP contribution in [0.15, 0.2) is 30.3 Å². The van der Waals surface area contributed by atoms with Crippen LogP contribution in [0.4, 0.5) is 0 Å². The highest BCUT2D eigenvalue weighted by molar-refractivity contribution is 5.85. The second-order valence-electron chi connectivity index (χ2n) is 8.31. The molecule has 0 radical (unpaired) electrons. The molecule has 8 heteroatoms. The number of unbranched alkanes of at least 4 members (excludes halogenated alkanes) is 1. The number of tetrazole rings is 1. The lowest BCUT2D eigenvalue weighted by atomic mass is 10.1. The van der Waals surface area contributed by atoms with Crippen LogP contribution in [0.25, 0.3) is 0 Å². The van der Waals surface area contributed by atoms with Crippen LogP contribution in [0.5, 0.6) is 0 Å². The normalized spacial score (nSPS) is 21.4.